The molecule has 28 heavy (non-hydrogen) atoms. The van der Waals surface area contributed by atoms with Gasteiger partial charge in [-0.25, -0.2) is 0 Å². The summed E-state index contributed by atoms with van der Waals surface area (Å²) in [5, 5.41) is 0.772. The zero-order valence-electron chi connectivity index (χ0n) is 16.4. The predicted molar refractivity (Wildman–Crippen MR) is 104 cm³/mol. The van der Waals surface area contributed by atoms with Gasteiger partial charge in [0, 0.05) is 37.5 Å². The Balaban J connectivity index is 1.46. The van der Waals surface area contributed by atoms with Crippen molar-refractivity contribution in [2.24, 2.45) is 5.92 Å². The Morgan fingerprint density at radius 3 is 2.46 bits per heavy atom. The molecule has 0 bridgehead atoms. The summed E-state index contributed by atoms with van der Waals surface area (Å²) in [5.74, 6) is 1.45. The third-order valence-corrected chi connectivity index (χ3v) is 5.74. The number of carbonyl (C=O) groups is 2. The van der Waals surface area contributed by atoms with Crippen molar-refractivity contribution in [2.45, 2.75) is 19.8 Å². The van der Waals surface area contributed by atoms with Crippen LogP contribution in [-0.2, 0) is 9.53 Å². The summed E-state index contributed by atoms with van der Waals surface area (Å²) in [6, 6.07) is 5.49. The highest BCUT2D eigenvalue weighted by Gasteiger charge is 2.32. The van der Waals surface area contributed by atoms with Crippen molar-refractivity contribution in [3.63, 3.8) is 0 Å². The average Bonchev–Trinajstić information content (AvgIpc) is 3.08. The first-order chi connectivity index (χ1) is 13.6. The average molecular weight is 386 g/mol. The summed E-state index contributed by atoms with van der Waals surface area (Å²) in [7, 11) is 1.60. The molecule has 4 rings (SSSR count). The second-order valence-electron chi connectivity index (χ2n) is 7.40. The molecule has 150 valence electrons. The fourth-order valence-corrected chi connectivity index (χ4v) is 4.12. The maximum Gasteiger partial charge on any atom is 0.258 e. The van der Waals surface area contributed by atoms with Gasteiger partial charge in [-0.3, -0.25) is 9.59 Å². The SMILES string of the molecule is COc1ccc2oc(C)c(C(=O)N3CCC(C(=O)N4CCOCC4)CC3)c2c1. The van der Waals surface area contributed by atoms with Crippen LogP contribution in [0.5, 0.6) is 5.75 Å². The Morgan fingerprint density at radius 2 is 1.79 bits per heavy atom. The van der Waals surface area contributed by atoms with Crippen molar-refractivity contribution >= 4 is 22.8 Å². The van der Waals surface area contributed by atoms with Gasteiger partial charge < -0.3 is 23.7 Å². The van der Waals surface area contributed by atoms with Gasteiger partial charge in [-0.15, -0.1) is 0 Å². The highest BCUT2D eigenvalue weighted by molar-refractivity contribution is 6.07. The number of rotatable bonds is 3. The molecule has 0 unspecified atom stereocenters. The number of likely N-dealkylation sites (tertiary alicyclic amines) is 1. The molecule has 0 radical (unpaired) electrons. The molecule has 7 heteroatoms. The van der Waals surface area contributed by atoms with Gasteiger partial charge >= 0.3 is 0 Å². The van der Waals surface area contributed by atoms with Gasteiger partial charge in [-0.2, -0.15) is 0 Å². The molecule has 0 aliphatic carbocycles. The summed E-state index contributed by atoms with van der Waals surface area (Å²) in [5.41, 5.74) is 1.27. The number of ether oxygens (including phenoxy) is 2. The first-order valence-electron chi connectivity index (χ1n) is 9.81. The van der Waals surface area contributed by atoms with E-state index in [1.54, 1.807) is 7.11 Å². The van der Waals surface area contributed by atoms with Crippen LogP contribution in [-0.4, -0.2) is 68.1 Å². The number of hydrogen-bond donors (Lipinski definition) is 0. The van der Waals surface area contributed by atoms with Crippen LogP contribution in [0.1, 0.15) is 29.0 Å². The second-order valence-corrected chi connectivity index (χ2v) is 7.40. The Labute approximate surface area is 164 Å². The number of carbonyl (C=O) groups excluding carboxylic acids is 2. The number of fused-ring (bicyclic) bond motifs is 1. The van der Waals surface area contributed by atoms with Gasteiger partial charge in [-0.1, -0.05) is 0 Å². The van der Waals surface area contributed by atoms with E-state index in [4.69, 9.17) is 13.9 Å². The van der Waals surface area contributed by atoms with E-state index in [-0.39, 0.29) is 17.7 Å². The van der Waals surface area contributed by atoms with Crippen LogP contribution in [0.2, 0.25) is 0 Å². The summed E-state index contributed by atoms with van der Waals surface area (Å²) in [6.07, 6.45) is 1.39. The summed E-state index contributed by atoms with van der Waals surface area (Å²) in [6.45, 7) is 5.53. The topological polar surface area (TPSA) is 72.2 Å². The number of methoxy groups -OCH3 is 1. The van der Waals surface area contributed by atoms with Gasteiger partial charge in [0.15, 0.2) is 0 Å². The second kappa shape index (κ2) is 7.83. The van der Waals surface area contributed by atoms with Gasteiger partial charge in [0.05, 0.1) is 25.9 Å². The molecule has 2 aliphatic heterocycles. The lowest BCUT2D eigenvalue weighted by Crippen LogP contribution is -2.47. The fourth-order valence-electron chi connectivity index (χ4n) is 4.12. The molecule has 1 aromatic heterocycles. The molecule has 0 saturated carbocycles. The van der Waals surface area contributed by atoms with Gasteiger partial charge in [0.2, 0.25) is 5.91 Å². The molecule has 2 fully saturated rings. The Hall–Kier alpha value is -2.54. The van der Waals surface area contributed by atoms with E-state index in [1.807, 2.05) is 34.9 Å². The number of morpholine rings is 1. The minimum Gasteiger partial charge on any atom is -0.497 e. The lowest BCUT2D eigenvalue weighted by molar-refractivity contribution is -0.141. The van der Waals surface area contributed by atoms with Crippen molar-refractivity contribution in [2.75, 3.05) is 46.5 Å². The molecule has 1 aromatic carbocycles. The van der Waals surface area contributed by atoms with Gasteiger partial charge in [-0.05, 0) is 38.0 Å². The molecule has 0 N–H and O–H groups in total. The Bertz CT molecular complexity index is 876. The van der Waals surface area contributed by atoms with Crippen molar-refractivity contribution in [1.82, 2.24) is 9.80 Å². The van der Waals surface area contributed by atoms with Crippen LogP contribution in [0.3, 0.4) is 0 Å². The number of benzene rings is 1. The minimum absolute atomic E-state index is 0.00978. The summed E-state index contributed by atoms with van der Waals surface area (Å²) < 4.78 is 16.4. The predicted octanol–water partition coefficient (Wildman–Crippen LogP) is 2.46. The quantitative estimate of drug-likeness (QED) is 0.810. The molecule has 0 atom stereocenters. The summed E-state index contributed by atoms with van der Waals surface area (Å²) in [4.78, 5) is 29.6. The standard InChI is InChI=1S/C21H26N2O5/c1-14-19(17-13-16(26-2)3-4-18(17)28-14)21(25)22-7-5-15(6-8-22)20(24)23-9-11-27-12-10-23/h3-4,13,15H,5-12H2,1-2H3. The molecular formula is C21H26N2O5. The highest BCUT2D eigenvalue weighted by Crippen LogP contribution is 2.31. The van der Waals surface area contributed by atoms with Gasteiger partial charge in [0.1, 0.15) is 17.1 Å². The van der Waals surface area contributed by atoms with E-state index >= 15 is 0 Å². The van der Waals surface area contributed by atoms with Crippen molar-refractivity contribution in [3.05, 3.63) is 29.5 Å². The van der Waals surface area contributed by atoms with E-state index in [9.17, 15) is 9.59 Å². The fraction of sp³-hybridized carbons (Fsp3) is 0.524. The molecule has 3 heterocycles. The van der Waals surface area contributed by atoms with Crippen LogP contribution < -0.4 is 4.74 Å². The van der Waals surface area contributed by atoms with E-state index in [0.717, 1.165) is 5.39 Å². The number of furan rings is 1. The van der Waals surface area contributed by atoms with E-state index in [0.29, 0.717) is 74.9 Å². The van der Waals surface area contributed by atoms with Crippen molar-refractivity contribution < 1.29 is 23.5 Å². The van der Waals surface area contributed by atoms with Crippen LogP contribution in [0.15, 0.2) is 22.6 Å². The van der Waals surface area contributed by atoms with Crippen LogP contribution in [0.4, 0.5) is 0 Å². The molecule has 0 spiro atoms. The number of nitrogens with zero attached hydrogens (tertiary/aromatic N) is 2. The minimum atomic E-state index is -0.0400. The van der Waals surface area contributed by atoms with Gasteiger partial charge in [0.25, 0.3) is 5.91 Å². The number of hydrogen-bond acceptors (Lipinski definition) is 5. The third kappa shape index (κ3) is 3.46. The van der Waals surface area contributed by atoms with E-state index in [2.05, 4.69) is 0 Å². The first kappa shape index (κ1) is 18.8. The zero-order chi connectivity index (χ0) is 19.7. The van der Waals surface area contributed by atoms with Crippen molar-refractivity contribution in [3.8, 4) is 5.75 Å². The highest BCUT2D eigenvalue weighted by atomic mass is 16.5. The van der Waals surface area contributed by atoms with E-state index in [1.165, 1.54) is 0 Å². The lowest BCUT2D eigenvalue weighted by Gasteiger charge is -2.35. The van der Waals surface area contributed by atoms with Crippen molar-refractivity contribution in [1.29, 1.82) is 0 Å². The maximum absolute atomic E-state index is 13.2. The maximum atomic E-state index is 13.2. The van der Waals surface area contributed by atoms with Crippen LogP contribution >= 0.6 is 0 Å². The Morgan fingerprint density at radius 1 is 1.07 bits per heavy atom. The zero-order valence-corrected chi connectivity index (χ0v) is 16.4. The number of amides is 2. The molecule has 2 saturated heterocycles. The normalized spacial score (nSPS) is 18.5. The first-order valence-corrected chi connectivity index (χ1v) is 9.81. The third-order valence-electron chi connectivity index (χ3n) is 5.74. The smallest absolute Gasteiger partial charge is 0.258 e. The molecule has 2 aromatic rings. The molecule has 7 nitrogen and oxygen atoms in total. The molecular weight excluding hydrogens is 360 g/mol. The lowest BCUT2D eigenvalue weighted by atomic mass is 9.94. The van der Waals surface area contributed by atoms with E-state index < -0.39 is 0 Å². The van der Waals surface area contributed by atoms with Crippen LogP contribution in [0.25, 0.3) is 11.0 Å². The monoisotopic (exact) mass is 386 g/mol. The molecule has 2 amide bonds. The largest absolute Gasteiger partial charge is 0.497 e. The Kier molecular flexibility index (Phi) is 5.26. The summed E-state index contributed by atoms with van der Waals surface area (Å²) >= 11 is 0. The number of aryl methyl sites for hydroxylation is 1. The number of piperidine rings is 1. The molecule has 2 aliphatic rings. The van der Waals surface area contributed by atoms with Crippen LogP contribution in [0, 0.1) is 12.8 Å².